The van der Waals surface area contributed by atoms with E-state index in [1.165, 1.54) is 16.8 Å². The number of anilines is 2. The molecule has 0 unspecified atom stereocenters. The van der Waals surface area contributed by atoms with Crippen molar-refractivity contribution in [2.24, 2.45) is 0 Å². The third kappa shape index (κ3) is 5.38. The van der Waals surface area contributed by atoms with E-state index in [0.717, 1.165) is 29.5 Å². The second-order valence-electron chi connectivity index (χ2n) is 9.61. The zero-order chi connectivity index (χ0) is 27.8. The van der Waals surface area contributed by atoms with Gasteiger partial charge in [-0.3, -0.25) is 4.79 Å². The topological polar surface area (TPSA) is 82.0 Å². The number of piperazine rings is 2. The number of benzene rings is 2. The van der Waals surface area contributed by atoms with Crippen molar-refractivity contribution in [3.63, 3.8) is 0 Å². The van der Waals surface area contributed by atoms with Crippen LogP contribution in [0.4, 0.5) is 24.5 Å². The van der Waals surface area contributed by atoms with Crippen molar-refractivity contribution in [1.82, 2.24) is 19.0 Å². The van der Waals surface area contributed by atoms with E-state index < -0.39 is 26.7 Å². The third-order valence-electron chi connectivity index (χ3n) is 7.14. The SMILES string of the molecule is CN1CCN(c2c(N3CCN(S(=O)(=O)c4ccccc4C(F)(F)F)CC3)cnn(-c3ccccc3)c2=O)CC1. The summed E-state index contributed by atoms with van der Waals surface area (Å²) in [6.45, 7) is 3.17. The Labute approximate surface area is 224 Å². The highest BCUT2D eigenvalue weighted by Gasteiger charge is 2.40. The van der Waals surface area contributed by atoms with Gasteiger partial charge in [0.05, 0.1) is 28.0 Å². The number of halogens is 3. The molecule has 3 heterocycles. The van der Waals surface area contributed by atoms with Gasteiger partial charge in [-0.15, -0.1) is 0 Å². The van der Waals surface area contributed by atoms with E-state index in [1.54, 1.807) is 18.3 Å². The molecule has 208 valence electrons. The molecule has 0 spiro atoms. The van der Waals surface area contributed by atoms with Gasteiger partial charge in [0.1, 0.15) is 5.69 Å². The summed E-state index contributed by atoms with van der Waals surface area (Å²) in [4.78, 5) is 19.1. The van der Waals surface area contributed by atoms with Crippen LogP contribution < -0.4 is 15.4 Å². The number of hydrogen-bond acceptors (Lipinski definition) is 7. The number of hydrogen-bond donors (Lipinski definition) is 0. The van der Waals surface area contributed by atoms with Gasteiger partial charge < -0.3 is 14.7 Å². The predicted octanol–water partition coefficient (Wildman–Crippen LogP) is 2.51. The monoisotopic (exact) mass is 562 g/mol. The Hall–Kier alpha value is -3.42. The fourth-order valence-corrected chi connectivity index (χ4v) is 6.62. The maximum atomic E-state index is 13.8. The Morgan fingerprint density at radius 1 is 0.795 bits per heavy atom. The van der Waals surface area contributed by atoms with Gasteiger partial charge in [-0.05, 0) is 31.3 Å². The summed E-state index contributed by atoms with van der Waals surface area (Å²) in [6.07, 6.45) is -3.18. The number of rotatable bonds is 5. The molecule has 0 N–H and O–H groups in total. The van der Waals surface area contributed by atoms with E-state index in [0.29, 0.717) is 30.2 Å². The minimum atomic E-state index is -4.79. The molecule has 0 amide bonds. The van der Waals surface area contributed by atoms with Gasteiger partial charge in [-0.2, -0.15) is 27.3 Å². The first-order valence-electron chi connectivity index (χ1n) is 12.6. The first kappa shape index (κ1) is 27.2. The zero-order valence-electron chi connectivity index (χ0n) is 21.4. The summed E-state index contributed by atoms with van der Waals surface area (Å²) in [5.41, 5.74) is 0.240. The molecule has 2 saturated heterocycles. The van der Waals surface area contributed by atoms with E-state index in [2.05, 4.69) is 10.00 Å². The molecule has 0 saturated carbocycles. The Bertz CT molecular complexity index is 1480. The molecule has 2 aromatic carbocycles. The highest BCUT2D eigenvalue weighted by Crippen LogP contribution is 2.36. The Morgan fingerprint density at radius 2 is 1.38 bits per heavy atom. The molecule has 2 fully saturated rings. The lowest BCUT2D eigenvalue weighted by molar-refractivity contribution is -0.139. The van der Waals surface area contributed by atoms with E-state index >= 15 is 0 Å². The Balaban J connectivity index is 1.44. The largest absolute Gasteiger partial charge is 0.417 e. The lowest BCUT2D eigenvalue weighted by Crippen LogP contribution is -2.51. The molecule has 0 aliphatic carbocycles. The standard InChI is InChI=1S/C26H29F3N6O3S/c1-31-11-13-33(14-12-31)24-22(19-30-35(25(24)36)20-7-3-2-4-8-20)32-15-17-34(18-16-32)39(37,38)23-10-6-5-9-21(23)26(27,28)29/h2-10,19H,11-18H2,1H3. The van der Waals surface area contributed by atoms with E-state index in [1.807, 2.05) is 35.0 Å². The summed E-state index contributed by atoms with van der Waals surface area (Å²) in [5.74, 6) is 0. The number of para-hydroxylation sites is 1. The van der Waals surface area contributed by atoms with E-state index in [9.17, 15) is 26.4 Å². The van der Waals surface area contributed by atoms with Crippen molar-refractivity contribution >= 4 is 21.4 Å². The van der Waals surface area contributed by atoms with Crippen LogP contribution in [-0.2, 0) is 16.2 Å². The van der Waals surface area contributed by atoms with Crippen LogP contribution in [-0.4, -0.2) is 86.8 Å². The molecule has 9 nitrogen and oxygen atoms in total. The molecule has 13 heteroatoms. The lowest BCUT2D eigenvalue weighted by Gasteiger charge is -2.39. The van der Waals surface area contributed by atoms with Gasteiger partial charge >= 0.3 is 6.18 Å². The van der Waals surface area contributed by atoms with Crippen LogP contribution in [0.15, 0.2) is 70.5 Å². The third-order valence-corrected chi connectivity index (χ3v) is 9.10. The average Bonchev–Trinajstić information content (AvgIpc) is 2.93. The first-order valence-corrected chi connectivity index (χ1v) is 14.0. The molecule has 1 aromatic heterocycles. The normalized spacial score (nSPS) is 17.9. The fraction of sp³-hybridized carbons (Fsp3) is 0.385. The smallest absolute Gasteiger partial charge is 0.366 e. The van der Waals surface area contributed by atoms with Gasteiger partial charge in [0.15, 0.2) is 0 Å². The van der Waals surface area contributed by atoms with Crippen molar-refractivity contribution in [1.29, 1.82) is 0 Å². The highest BCUT2D eigenvalue weighted by molar-refractivity contribution is 7.89. The summed E-state index contributed by atoms with van der Waals surface area (Å²) in [6, 6.07) is 13.3. The molecular formula is C26H29F3N6O3S. The lowest BCUT2D eigenvalue weighted by atomic mass is 10.2. The van der Waals surface area contributed by atoms with Crippen LogP contribution in [0.2, 0.25) is 0 Å². The minimum Gasteiger partial charge on any atom is -0.366 e. The van der Waals surface area contributed by atoms with Crippen molar-refractivity contribution in [2.45, 2.75) is 11.1 Å². The molecule has 0 bridgehead atoms. The Kier molecular flexibility index (Phi) is 7.40. The summed E-state index contributed by atoms with van der Waals surface area (Å²) >= 11 is 0. The zero-order valence-corrected chi connectivity index (χ0v) is 22.2. The number of alkyl halides is 3. The van der Waals surface area contributed by atoms with Crippen molar-refractivity contribution in [2.75, 3.05) is 69.2 Å². The number of sulfonamides is 1. The van der Waals surface area contributed by atoms with Crippen LogP contribution in [0.1, 0.15) is 5.56 Å². The van der Waals surface area contributed by atoms with E-state index in [4.69, 9.17) is 0 Å². The summed E-state index contributed by atoms with van der Waals surface area (Å²) in [7, 11) is -2.36. The van der Waals surface area contributed by atoms with Crippen LogP contribution in [0.3, 0.4) is 0 Å². The van der Waals surface area contributed by atoms with Gasteiger partial charge in [-0.25, -0.2) is 8.42 Å². The predicted molar refractivity (Wildman–Crippen MR) is 142 cm³/mol. The molecule has 0 atom stereocenters. The van der Waals surface area contributed by atoms with Gasteiger partial charge in [0.25, 0.3) is 5.56 Å². The maximum absolute atomic E-state index is 13.8. The molecule has 2 aliphatic rings. The number of likely N-dealkylation sites (N-methyl/N-ethyl adjacent to an activating group) is 1. The van der Waals surface area contributed by atoms with Gasteiger partial charge in [0.2, 0.25) is 10.0 Å². The van der Waals surface area contributed by atoms with Crippen LogP contribution in [0.5, 0.6) is 0 Å². The molecule has 0 radical (unpaired) electrons. The molecule has 5 rings (SSSR count). The Morgan fingerprint density at radius 3 is 2.03 bits per heavy atom. The van der Waals surface area contributed by atoms with Gasteiger partial charge in [-0.1, -0.05) is 30.3 Å². The highest BCUT2D eigenvalue weighted by atomic mass is 32.2. The van der Waals surface area contributed by atoms with Gasteiger partial charge in [0, 0.05) is 52.4 Å². The average molecular weight is 563 g/mol. The molecule has 3 aromatic rings. The van der Waals surface area contributed by atoms with Crippen LogP contribution in [0, 0.1) is 0 Å². The number of aromatic nitrogens is 2. The van der Waals surface area contributed by atoms with Crippen molar-refractivity contribution in [3.8, 4) is 5.69 Å². The molecule has 2 aliphatic heterocycles. The minimum absolute atomic E-state index is 0.0293. The second kappa shape index (κ2) is 10.6. The molecular weight excluding hydrogens is 533 g/mol. The fourth-order valence-electron chi connectivity index (χ4n) is 4.98. The molecule has 39 heavy (non-hydrogen) atoms. The first-order chi connectivity index (χ1) is 18.6. The quantitative estimate of drug-likeness (QED) is 0.473. The van der Waals surface area contributed by atoms with Crippen molar-refractivity contribution < 1.29 is 21.6 Å². The maximum Gasteiger partial charge on any atom is 0.417 e. The second-order valence-corrected chi connectivity index (χ2v) is 11.5. The van der Waals surface area contributed by atoms with E-state index in [-0.39, 0.29) is 31.7 Å². The summed E-state index contributed by atoms with van der Waals surface area (Å²) in [5, 5.41) is 4.42. The van der Waals surface area contributed by atoms with Crippen LogP contribution >= 0.6 is 0 Å². The van der Waals surface area contributed by atoms with Crippen molar-refractivity contribution in [3.05, 3.63) is 76.7 Å². The van der Waals surface area contributed by atoms with Crippen LogP contribution in [0.25, 0.3) is 5.69 Å². The summed E-state index contributed by atoms with van der Waals surface area (Å²) < 4.78 is 69.5. The number of nitrogens with zero attached hydrogens (tertiary/aromatic N) is 6.